The Bertz CT molecular complexity index is 1040. The van der Waals surface area contributed by atoms with Gasteiger partial charge in [0.15, 0.2) is 0 Å². The van der Waals surface area contributed by atoms with Gasteiger partial charge in [0, 0.05) is 32.2 Å². The summed E-state index contributed by atoms with van der Waals surface area (Å²) in [6.07, 6.45) is 3.38. The minimum Gasteiger partial charge on any atom is -0.462 e. The van der Waals surface area contributed by atoms with Gasteiger partial charge in [-0.3, -0.25) is 9.48 Å². The predicted octanol–water partition coefficient (Wildman–Crippen LogP) is 3.64. The first-order chi connectivity index (χ1) is 15.8. The Morgan fingerprint density at radius 2 is 2.06 bits per heavy atom. The molecule has 3 heterocycles. The van der Waals surface area contributed by atoms with Crippen molar-refractivity contribution in [3.63, 3.8) is 0 Å². The number of carbonyl (C=O) groups is 2. The van der Waals surface area contributed by atoms with Gasteiger partial charge < -0.3 is 14.8 Å². The number of nitrogens with zero attached hydrogens (tertiary/aromatic N) is 2. The van der Waals surface area contributed by atoms with Crippen LogP contribution in [-0.4, -0.2) is 48.0 Å². The van der Waals surface area contributed by atoms with E-state index in [0.717, 1.165) is 60.6 Å². The maximum atomic E-state index is 13.0. The van der Waals surface area contributed by atoms with E-state index in [1.165, 1.54) is 0 Å². The summed E-state index contributed by atoms with van der Waals surface area (Å²) >= 11 is 0. The molecule has 2 aliphatic rings. The van der Waals surface area contributed by atoms with Gasteiger partial charge in [-0.2, -0.15) is 5.10 Å². The fraction of sp³-hybridized carbons (Fsp3) is 0.577. The summed E-state index contributed by atoms with van der Waals surface area (Å²) in [5.74, 6) is -0.257. The van der Waals surface area contributed by atoms with Gasteiger partial charge in [-0.25, -0.2) is 4.79 Å². The molecule has 0 radical (unpaired) electrons. The first-order valence-corrected chi connectivity index (χ1v) is 12.0. The molecule has 0 saturated carbocycles. The number of nitrogens with one attached hydrogen (secondary N) is 1. The van der Waals surface area contributed by atoms with Crippen LogP contribution in [0, 0.1) is 25.2 Å². The van der Waals surface area contributed by atoms with Crippen LogP contribution >= 0.6 is 0 Å². The quantitative estimate of drug-likeness (QED) is 0.676. The van der Waals surface area contributed by atoms with Crippen LogP contribution in [-0.2, 0) is 28.9 Å². The van der Waals surface area contributed by atoms with Crippen LogP contribution in [0.5, 0.6) is 0 Å². The molecule has 1 aromatic heterocycles. The third-order valence-corrected chi connectivity index (χ3v) is 7.01. The summed E-state index contributed by atoms with van der Waals surface area (Å²) in [4.78, 5) is 25.6. The summed E-state index contributed by atoms with van der Waals surface area (Å²) < 4.78 is 13.2. The van der Waals surface area contributed by atoms with Gasteiger partial charge >= 0.3 is 5.97 Å². The lowest BCUT2D eigenvalue weighted by Gasteiger charge is -2.36. The third-order valence-electron chi connectivity index (χ3n) is 7.01. The van der Waals surface area contributed by atoms with E-state index in [1.807, 2.05) is 43.7 Å². The van der Waals surface area contributed by atoms with Crippen molar-refractivity contribution in [3.05, 3.63) is 51.8 Å². The Kier molecular flexibility index (Phi) is 6.88. The van der Waals surface area contributed by atoms with E-state index < -0.39 is 0 Å². The van der Waals surface area contributed by atoms with Crippen LogP contribution in [0.2, 0.25) is 0 Å². The number of aromatic nitrogens is 2. The Hall–Kier alpha value is -2.67. The van der Waals surface area contributed by atoms with Crippen molar-refractivity contribution >= 4 is 11.9 Å². The number of hydrogen-bond donors (Lipinski definition) is 1. The molecule has 2 aliphatic heterocycles. The van der Waals surface area contributed by atoms with E-state index in [0.29, 0.717) is 31.7 Å². The highest BCUT2D eigenvalue weighted by Gasteiger charge is 2.39. The topological polar surface area (TPSA) is 82.5 Å². The van der Waals surface area contributed by atoms with Crippen LogP contribution in [0.15, 0.2) is 18.2 Å². The summed E-state index contributed by atoms with van der Waals surface area (Å²) in [6, 6.07) is 5.80. The fourth-order valence-corrected chi connectivity index (χ4v) is 4.92. The van der Waals surface area contributed by atoms with Crippen LogP contribution in [0.3, 0.4) is 0 Å². The molecule has 1 spiro atoms. The molecule has 1 atom stereocenters. The number of aryl methyl sites for hydroxylation is 3. The maximum absolute atomic E-state index is 13.0. The first-order valence-electron chi connectivity index (χ1n) is 12.0. The van der Waals surface area contributed by atoms with Crippen molar-refractivity contribution in [3.8, 4) is 0 Å². The standard InChI is InChI=1S/C26H35N3O4/c1-5-21-23-22(13-26(16-27-24(23)30)8-10-32-11-9-26)29(28-21)14-18(3)15-33-25(31)20-12-17(2)6-7-19(20)4/h6-7,12,18H,5,8-11,13-16H2,1-4H3,(H,27,30)/t18-/m1/s1. The van der Waals surface area contributed by atoms with Crippen molar-refractivity contribution in [2.45, 2.75) is 59.9 Å². The van der Waals surface area contributed by atoms with E-state index in [1.54, 1.807) is 0 Å². The monoisotopic (exact) mass is 453 g/mol. The highest BCUT2D eigenvalue weighted by Crippen LogP contribution is 2.37. The first kappa shape index (κ1) is 23.5. The summed E-state index contributed by atoms with van der Waals surface area (Å²) in [5.41, 5.74) is 5.16. The molecule has 7 nitrogen and oxygen atoms in total. The lowest BCUT2D eigenvalue weighted by Crippen LogP contribution is -2.41. The van der Waals surface area contributed by atoms with E-state index in [4.69, 9.17) is 14.6 Å². The molecule has 1 saturated heterocycles. The normalized spacial score (nSPS) is 18.4. The van der Waals surface area contributed by atoms with Crippen molar-refractivity contribution in [1.29, 1.82) is 0 Å². The van der Waals surface area contributed by atoms with Crippen molar-refractivity contribution in [2.24, 2.45) is 11.3 Å². The summed E-state index contributed by atoms with van der Waals surface area (Å²) in [5, 5.41) is 7.97. The average Bonchev–Trinajstić information content (AvgIpc) is 3.07. The Balaban J connectivity index is 1.50. The lowest BCUT2D eigenvalue weighted by atomic mass is 9.76. The number of rotatable bonds is 6. The smallest absolute Gasteiger partial charge is 0.338 e. The molecule has 1 N–H and O–H groups in total. The van der Waals surface area contributed by atoms with E-state index in [9.17, 15) is 9.59 Å². The van der Waals surface area contributed by atoms with Gasteiger partial charge in [0.1, 0.15) is 0 Å². The van der Waals surface area contributed by atoms with Crippen LogP contribution < -0.4 is 5.32 Å². The third kappa shape index (κ3) is 4.98. The average molecular weight is 454 g/mol. The number of hydrogen-bond acceptors (Lipinski definition) is 5. The van der Waals surface area contributed by atoms with E-state index in [2.05, 4.69) is 12.2 Å². The molecule has 2 aromatic rings. The molecule has 0 bridgehead atoms. The summed E-state index contributed by atoms with van der Waals surface area (Å²) in [6.45, 7) is 11.0. The van der Waals surface area contributed by atoms with Gasteiger partial charge in [-0.15, -0.1) is 0 Å². The number of fused-ring (bicyclic) bond motifs is 1. The molecule has 1 aromatic carbocycles. The van der Waals surface area contributed by atoms with Gasteiger partial charge in [0.05, 0.1) is 29.1 Å². The lowest BCUT2D eigenvalue weighted by molar-refractivity contribution is 0.0151. The maximum Gasteiger partial charge on any atom is 0.338 e. The van der Waals surface area contributed by atoms with Gasteiger partial charge in [-0.1, -0.05) is 31.5 Å². The second kappa shape index (κ2) is 9.67. The summed E-state index contributed by atoms with van der Waals surface area (Å²) in [7, 11) is 0. The molecule has 1 amide bonds. The van der Waals surface area contributed by atoms with E-state index in [-0.39, 0.29) is 23.2 Å². The zero-order valence-electron chi connectivity index (χ0n) is 20.2. The Labute approximate surface area is 195 Å². The molecule has 4 rings (SSSR count). The van der Waals surface area contributed by atoms with Gasteiger partial charge in [0.2, 0.25) is 0 Å². The Morgan fingerprint density at radius 3 is 2.79 bits per heavy atom. The van der Waals surface area contributed by atoms with Crippen LogP contribution in [0.25, 0.3) is 0 Å². The van der Waals surface area contributed by atoms with Crippen molar-refractivity contribution in [1.82, 2.24) is 15.1 Å². The molecule has 1 fully saturated rings. The van der Waals surface area contributed by atoms with Gasteiger partial charge in [0.25, 0.3) is 5.91 Å². The zero-order chi connectivity index (χ0) is 23.6. The molecular formula is C26H35N3O4. The second-order valence-electron chi connectivity index (χ2n) is 9.80. The minimum absolute atomic E-state index is 0.0142. The highest BCUT2D eigenvalue weighted by molar-refractivity contribution is 5.97. The number of benzene rings is 1. The molecule has 178 valence electrons. The molecule has 0 unspecified atom stereocenters. The Morgan fingerprint density at radius 1 is 1.30 bits per heavy atom. The van der Waals surface area contributed by atoms with Gasteiger partial charge in [-0.05, 0) is 56.6 Å². The number of ether oxygens (including phenoxy) is 2. The van der Waals surface area contributed by atoms with Crippen LogP contribution in [0.4, 0.5) is 0 Å². The van der Waals surface area contributed by atoms with Crippen molar-refractivity contribution in [2.75, 3.05) is 26.4 Å². The molecule has 7 heteroatoms. The molecular weight excluding hydrogens is 418 g/mol. The fourth-order valence-electron chi connectivity index (χ4n) is 4.92. The number of carbonyl (C=O) groups excluding carboxylic acids is 2. The minimum atomic E-state index is -0.294. The zero-order valence-corrected chi connectivity index (χ0v) is 20.2. The van der Waals surface area contributed by atoms with Crippen molar-refractivity contribution < 1.29 is 19.1 Å². The second-order valence-corrected chi connectivity index (χ2v) is 9.80. The SMILES string of the molecule is CCc1nn(C[C@@H](C)COC(=O)c2cc(C)ccc2C)c2c1C(=O)NCC1(CCOCC1)C2. The molecule has 0 aliphatic carbocycles. The predicted molar refractivity (Wildman–Crippen MR) is 125 cm³/mol. The number of esters is 1. The molecule has 33 heavy (non-hydrogen) atoms. The van der Waals surface area contributed by atoms with E-state index >= 15 is 0 Å². The highest BCUT2D eigenvalue weighted by atomic mass is 16.5. The number of amides is 1. The van der Waals surface area contributed by atoms with Crippen LogP contribution in [0.1, 0.15) is 69.9 Å². The largest absolute Gasteiger partial charge is 0.462 e.